The minimum atomic E-state index is 0.883. The van der Waals surface area contributed by atoms with Crippen LogP contribution in [-0.2, 0) is 6.54 Å². The van der Waals surface area contributed by atoms with Crippen LogP contribution in [0.15, 0.2) is 42.6 Å². The van der Waals surface area contributed by atoms with Gasteiger partial charge in [0.2, 0.25) is 0 Å². The molecule has 0 N–H and O–H groups in total. The first-order valence-corrected chi connectivity index (χ1v) is 5.51. The Labute approximate surface area is 89.5 Å². The third-order valence-corrected chi connectivity index (χ3v) is 2.85. The molecule has 0 atom stereocenters. The van der Waals surface area contributed by atoms with Gasteiger partial charge in [0.25, 0.3) is 0 Å². The second-order valence-electron chi connectivity index (χ2n) is 4.23. The lowest BCUT2D eigenvalue weighted by Gasteiger charge is -1.98. The van der Waals surface area contributed by atoms with Crippen molar-refractivity contribution in [2.24, 2.45) is 5.92 Å². The lowest BCUT2D eigenvalue weighted by molar-refractivity contribution is 0.564. The van der Waals surface area contributed by atoms with Crippen LogP contribution in [-0.4, -0.2) is 9.78 Å². The molecule has 0 radical (unpaired) electrons. The molecule has 0 aliphatic heterocycles. The molecular weight excluding hydrogens is 184 g/mol. The molecule has 1 aliphatic carbocycles. The highest BCUT2D eigenvalue weighted by molar-refractivity contribution is 5.57. The standard InChI is InChI=1S/C13H14N2/c1-2-4-12(5-3-1)13-8-9-15(14-13)10-11-6-7-11/h1-5,8-9,11H,6-7,10H2. The van der Waals surface area contributed by atoms with Gasteiger partial charge in [0, 0.05) is 18.3 Å². The Balaban J connectivity index is 1.83. The minimum Gasteiger partial charge on any atom is -0.272 e. The maximum Gasteiger partial charge on any atom is 0.0923 e. The molecule has 2 heteroatoms. The van der Waals surface area contributed by atoms with Crippen molar-refractivity contribution in [3.8, 4) is 11.3 Å². The van der Waals surface area contributed by atoms with Crippen molar-refractivity contribution < 1.29 is 0 Å². The van der Waals surface area contributed by atoms with Gasteiger partial charge in [-0.1, -0.05) is 30.3 Å². The highest BCUT2D eigenvalue weighted by Crippen LogP contribution is 2.30. The normalized spacial score (nSPS) is 15.5. The zero-order valence-electron chi connectivity index (χ0n) is 8.63. The number of aromatic nitrogens is 2. The van der Waals surface area contributed by atoms with E-state index in [0.29, 0.717) is 0 Å². The van der Waals surface area contributed by atoms with E-state index in [1.54, 1.807) is 0 Å². The monoisotopic (exact) mass is 198 g/mol. The molecule has 0 unspecified atom stereocenters. The molecular formula is C13H14N2. The molecule has 1 saturated carbocycles. The van der Waals surface area contributed by atoms with E-state index in [0.717, 1.165) is 18.2 Å². The fraction of sp³-hybridized carbons (Fsp3) is 0.308. The van der Waals surface area contributed by atoms with Crippen LogP contribution in [0.4, 0.5) is 0 Å². The summed E-state index contributed by atoms with van der Waals surface area (Å²) in [6.07, 6.45) is 4.84. The van der Waals surface area contributed by atoms with Crippen molar-refractivity contribution in [1.82, 2.24) is 9.78 Å². The second kappa shape index (κ2) is 3.54. The molecule has 2 nitrogen and oxygen atoms in total. The summed E-state index contributed by atoms with van der Waals surface area (Å²) in [5.74, 6) is 0.883. The SMILES string of the molecule is c1ccc(-c2ccn(CC3CC3)n2)cc1. The largest absolute Gasteiger partial charge is 0.272 e. The summed E-state index contributed by atoms with van der Waals surface area (Å²) in [6, 6.07) is 12.4. The highest BCUT2D eigenvalue weighted by atomic mass is 15.3. The Morgan fingerprint density at radius 3 is 2.67 bits per heavy atom. The average molecular weight is 198 g/mol. The Hall–Kier alpha value is -1.57. The van der Waals surface area contributed by atoms with E-state index in [4.69, 9.17) is 0 Å². The van der Waals surface area contributed by atoms with Crippen LogP contribution in [0.3, 0.4) is 0 Å². The Morgan fingerprint density at radius 2 is 1.93 bits per heavy atom. The Bertz CT molecular complexity index is 441. The van der Waals surface area contributed by atoms with E-state index in [1.807, 2.05) is 6.07 Å². The van der Waals surface area contributed by atoms with Gasteiger partial charge in [-0.2, -0.15) is 5.10 Å². The van der Waals surface area contributed by atoms with E-state index >= 15 is 0 Å². The third kappa shape index (κ3) is 1.94. The fourth-order valence-corrected chi connectivity index (χ4v) is 1.79. The lowest BCUT2D eigenvalue weighted by Crippen LogP contribution is -1.99. The van der Waals surface area contributed by atoms with Crippen LogP contribution in [0.1, 0.15) is 12.8 Å². The lowest BCUT2D eigenvalue weighted by atomic mass is 10.2. The van der Waals surface area contributed by atoms with Crippen LogP contribution >= 0.6 is 0 Å². The molecule has 2 aromatic rings. The van der Waals surface area contributed by atoms with Gasteiger partial charge in [-0.25, -0.2) is 0 Å². The molecule has 1 aromatic carbocycles. The van der Waals surface area contributed by atoms with Crippen molar-refractivity contribution >= 4 is 0 Å². The number of nitrogens with zero attached hydrogens (tertiary/aromatic N) is 2. The predicted octanol–water partition coefficient (Wildman–Crippen LogP) is 2.96. The summed E-state index contributed by atoms with van der Waals surface area (Å²) in [7, 11) is 0. The summed E-state index contributed by atoms with van der Waals surface area (Å²) in [5, 5.41) is 4.58. The topological polar surface area (TPSA) is 17.8 Å². The van der Waals surface area contributed by atoms with Gasteiger partial charge in [-0.15, -0.1) is 0 Å². The van der Waals surface area contributed by atoms with Gasteiger partial charge >= 0.3 is 0 Å². The molecule has 0 spiro atoms. The van der Waals surface area contributed by atoms with E-state index in [-0.39, 0.29) is 0 Å². The second-order valence-corrected chi connectivity index (χ2v) is 4.23. The first kappa shape index (κ1) is 8.72. The molecule has 0 bridgehead atoms. The number of hydrogen-bond donors (Lipinski definition) is 0. The molecule has 76 valence electrons. The first-order chi connectivity index (χ1) is 7.42. The van der Waals surface area contributed by atoms with Gasteiger partial charge < -0.3 is 0 Å². The molecule has 3 rings (SSSR count). The van der Waals surface area contributed by atoms with Crippen LogP contribution in [0.5, 0.6) is 0 Å². The zero-order chi connectivity index (χ0) is 10.1. The first-order valence-electron chi connectivity index (χ1n) is 5.51. The van der Waals surface area contributed by atoms with Crippen LogP contribution in [0.25, 0.3) is 11.3 Å². The zero-order valence-corrected chi connectivity index (χ0v) is 8.63. The molecule has 15 heavy (non-hydrogen) atoms. The highest BCUT2D eigenvalue weighted by Gasteiger charge is 2.21. The average Bonchev–Trinajstić information content (AvgIpc) is 2.96. The van der Waals surface area contributed by atoms with Crippen molar-refractivity contribution in [3.63, 3.8) is 0 Å². The van der Waals surface area contributed by atoms with Gasteiger partial charge in [-0.05, 0) is 24.8 Å². The van der Waals surface area contributed by atoms with E-state index in [2.05, 4.69) is 46.3 Å². The Kier molecular flexibility index (Phi) is 2.05. The Morgan fingerprint density at radius 1 is 1.13 bits per heavy atom. The summed E-state index contributed by atoms with van der Waals surface area (Å²) < 4.78 is 2.07. The van der Waals surface area contributed by atoms with Gasteiger partial charge in [0.15, 0.2) is 0 Å². The quantitative estimate of drug-likeness (QED) is 0.741. The van der Waals surface area contributed by atoms with Crippen molar-refractivity contribution in [2.75, 3.05) is 0 Å². The van der Waals surface area contributed by atoms with Crippen molar-refractivity contribution in [1.29, 1.82) is 0 Å². The summed E-state index contributed by atoms with van der Waals surface area (Å²) in [6.45, 7) is 1.09. The van der Waals surface area contributed by atoms with Crippen molar-refractivity contribution in [3.05, 3.63) is 42.6 Å². The fourth-order valence-electron chi connectivity index (χ4n) is 1.79. The summed E-state index contributed by atoms with van der Waals surface area (Å²) in [5.41, 5.74) is 2.28. The van der Waals surface area contributed by atoms with Crippen molar-refractivity contribution in [2.45, 2.75) is 19.4 Å². The minimum absolute atomic E-state index is 0.883. The molecule has 1 aromatic heterocycles. The molecule has 0 saturated heterocycles. The van der Waals surface area contributed by atoms with Gasteiger partial charge in [0.05, 0.1) is 5.69 Å². The predicted molar refractivity (Wildman–Crippen MR) is 60.4 cm³/mol. The molecule has 1 aliphatic rings. The smallest absolute Gasteiger partial charge is 0.0923 e. The van der Waals surface area contributed by atoms with Crippen LogP contribution in [0.2, 0.25) is 0 Å². The third-order valence-electron chi connectivity index (χ3n) is 2.85. The number of benzene rings is 1. The van der Waals surface area contributed by atoms with Gasteiger partial charge in [0.1, 0.15) is 0 Å². The van der Waals surface area contributed by atoms with E-state index in [9.17, 15) is 0 Å². The molecule has 0 amide bonds. The summed E-state index contributed by atoms with van der Waals surface area (Å²) in [4.78, 5) is 0. The number of rotatable bonds is 3. The van der Waals surface area contributed by atoms with Gasteiger partial charge in [-0.3, -0.25) is 4.68 Å². The van der Waals surface area contributed by atoms with Crippen LogP contribution in [0, 0.1) is 5.92 Å². The number of hydrogen-bond acceptors (Lipinski definition) is 1. The van der Waals surface area contributed by atoms with E-state index < -0.39 is 0 Å². The molecule has 1 fully saturated rings. The maximum absolute atomic E-state index is 4.58. The summed E-state index contributed by atoms with van der Waals surface area (Å²) >= 11 is 0. The molecule has 1 heterocycles. The maximum atomic E-state index is 4.58. The van der Waals surface area contributed by atoms with E-state index in [1.165, 1.54) is 18.4 Å². The van der Waals surface area contributed by atoms with Crippen LogP contribution < -0.4 is 0 Å².